The number of unbranched alkanes of at least 4 members (excludes halogenated alkanes) is 1. The minimum absolute atomic E-state index is 0.202. The van der Waals surface area contributed by atoms with Crippen LogP contribution in [-0.2, 0) is 0 Å². The Hall–Kier alpha value is -1.38. The molecule has 0 atom stereocenters. The summed E-state index contributed by atoms with van der Waals surface area (Å²) in [6, 6.07) is 8.37. The number of fused-ring (bicyclic) bond motifs is 1. The average molecular weight is 365 g/mol. The molecule has 4 nitrogen and oxygen atoms in total. The summed E-state index contributed by atoms with van der Waals surface area (Å²) >= 11 is 1.76. The molecule has 1 aliphatic heterocycles. The van der Waals surface area contributed by atoms with Gasteiger partial charge in [0.05, 0.1) is 6.07 Å². The Morgan fingerprint density at radius 3 is 2.52 bits per heavy atom. The van der Waals surface area contributed by atoms with Crippen LogP contribution in [0.15, 0.2) is 23.1 Å². The fourth-order valence-corrected chi connectivity index (χ4v) is 3.77. The zero-order valence-electron chi connectivity index (χ0n) is 16.3. The zero-order chi connectivity index (χ0) is 18.7. The molecule has 1 aromatic carbocycles. The molecule has 25 heavy (non-hydrogen) atoms. The first-order chi connectivity index (χ1) is 12.0. The van der Waals surface area contributed by atoms with Gasteiger partial charge in [-0.2, -0.15) is 5.26 Å². The van der Waals surface area contributed by atoms with Gasteiger partial charge in [-0.3, -0.25) is 0 Å². The van der Waals surface area contributed by atoms with Crippen LogP contribution in [0.2, 0.25) is 0 Å². The number of hydrogen-bond acceptors (Lipinski definition) is 5. The molecular weight excluding hydrogens is 332 g/mol. The predicted octanol–water partition coefficient (Wildman–Crippen LogP) is 5.53. The van der Waals surface area contributed by atoms with Gasteiger partial charge in [-0.25, -0.2) is 4.31 Å². The van der Waals surface area contributed by atoms with Crippen molar-refractivity contribution in [1.29, 1.82) is 5.26 Å². The Balaban J connectivity index is 0.00000151. The summed E-state index contributed by atoms with van der Waals surface area (Å²) in [5, 5.41) is 8.70. The number of benzene rings is 1. The average Bonchev–Trinajstić information content (AvgIpc) is 2.62. The van der Waals surface area contributed by atoms with Gasteiger partial charge >= 0.3 is 0 Å². The van der Waals surface area contributed by atoms with E-state index in [1.165, 1.54) is 4.90 Å². The smallest absolute Gasteiger partial charge is 0.162 e. The maximum absolute atomic E-state index is 8.70. The van der Waals surface area contributed by atoms with E-state index >= 15 is 0 Å². The second-order valence-corrected chi connectivity index (χ2v) is 7.70. The van der Waals surface area contributed by atoms with Crippen LogP contribution in [0.3, 0.4) is 0 Å². The van der Waals surface area contributed by atoms with Crippen LogP contribution in [-0.4, -0.2) is 30.6 Å². The van der Waals surface area contributed by atoms with Crippen LogP contribution in [0, 0.1) is 16.7 Å². The van der Waals surface area contributed by atoms with E-state index in [2.05, 4.69) is 43.3 Å². The molecule has 0 aliphatic carbocycles. The third-order valence-electron chi connectivity index (χ3n) is 3.85. The Morgan fingerprint density at radius 1 is 1.20 bits per heavy atom. The normalized spacial score (nSPS) is 13.0. The Kier molecular flexibility index (Phi) is 9.77. The number of rotatable bonds is 8. The highest BCUT2D eigenvalue weighted by Crippen LogP contribution is 2.36. The summed E-state index contributed by atoms with van der Waals surface area (Å²) in [7, 11) is 0. The van der Waals surface area contributed by atoms with Gasteiger partial charge in [0.15, 0.2) is 11.5 Å². The van der Waals surface area contributed by atoms with Crippen molar-refractivity contribution >= 4 is 11.9 Å². The molecule has 0 spiro atoms. The van der Waals surface area contributed by atoms with Gasteiger partial charge in [0.1, 0.15) is 13.2 Å². The summed E-state index contributed by atoms with van der Waals surface area (Å²) in [4.78, 5) is 1.17. The Morgan fingerprint density at radius 2 is 1.88 bits per heavy atom. The first kappa shape index (κ1) is 21.7. The van der Waals surface area contributed by atoms with E-state index in [9.17, 15) is 0 Å². The molecule has 1 heterocycles. The van der Waals surface area contributed by atoms with Crippen molar-refractivity contribution in [3.8, 4) is 17.6 Å². The third kappa shape index (κ3) is 7.58. The third-order valence-corrected chi connectivity index (χ3v) is 4.96. The Labute approximate surface area is 157 Å². The van der Waals surface area contributed by atoms with Crippen molar-refractivity contribution < 1.29 is 9.47 Å². The molecule has 0 N–H and O–H groups in total. The predicted molar refractivity (Wildman–Crippen MR) is 105 cm³/mol. The van der Waals surface area contributed by atoms with Gasteiger partial charge in [-0.15, -0.1) is 0 Å². The maximum Gasteiger partial charge on any atom is 0.162 e. The van der Waals surface area contributed by atoms with Gasteiger partial charge in [-0.1, -0.05) is 34.6 Å². The fourth-order valence-electron chi connectivity index (χ4n) is 2.64. The van der Waals surface area contributed by atoms with E-state index in [1.807, 2.05) is 19.9 Å². The summed E-state index contributed by atoms with van der Waals surface area (Å²) in [6.07, 6.45) is 2.68. The molecule has 0 saturated carbocycles. The molecule has 0 fully saturated rings. The lowest BCUT2D eigenvalue weighted by molar-refractivity contribution is 0.171. The van der Waals surface area contributed by atoms with E-state index in [0.717, 1.165) is 37.4 Å². The van der Waals surface area contributed by atoms with Crippen LogP contribution in [0.5, 0.6) is 11.5 Å². The summed E-state index contributed by atoms with van der Waals surface area (Å²) < 4.78 is 13.6. The van der Waals surface area contributed by atoms with Crippen LogP contribution < -0.4 is 9.47 Å². The van der Waals surface area contributed by atoms with E-state index in [-0.39, 0.29) is 5.41 Å². The van der Waals surface area contributed by atoms with Crippen LogP contribution in [0.25, 0.3) is 0 Å². The van der Waals surface area contributed by atoms with Crippen molar-refractivity contribution in [2.75, 3.05) is 26.3 Å². The molecule has 2 rings (SSSR count). The first-order valence-electron chi connectivity index (χ1n) is 9.23. The second-order valence-electron chi connectivity index (χ2n) is 6.53. The van der Waals surface area contributed by atoms with Crippen LogP contribution >= 0.6 is 11.9 Å². The largest absolute Gasteiger partial charge is 0.486 e. The highest BCUT2D eigenvalue weighted by molar-refractivity contribution is 7.97. The molecule has 0 bridgehead atoms. The van der Waals surface area contributed by atoms with Gasteiger partial charge in [-0.05, 0) is 48.4 Å². The number of nitrogens with zero attached hydrogens (tertiary/aromatic N) is 2. The topological polar surface area (TPSA) is 45.5 Å². The standard InChI is InChI=1S/C18H26N2O2S.C2H6/c1-4-20(14-18(2,3)9-5-6-10-19)23-15-7-8-16-17(13-15)22-12-11-21-16;1-2/h7-8,13H,4-6,9,11-12,14H2,1-3H3;1-2H3. The fraction of sp³-hybridized carbons (Fsp3) is 0.650. The monoisotopic (exact) mass is 364 g/mol. The molecule has 1 aromatic rings. The molecule has 0 aromatic heterocycles. The molecule has 0 radical (unpaired) electrons. The second kappa shape index (κ2) is 11.3. The lowest BCUT2D eigenvalue weighted by atomic mass is 9.87. The molecule has 1 aliphatic rings. The van der Waals surface area contributed by atoms with Crippen LogP contribution in [0.4, 0.5) is 0 Å². The van der Waals surface area contributed by atoms with Gasteiger partial charge in [0, 0.05) is 24.4 Å². The van der Waals surface area contributed by atoms with Crippen LogP contribution in [0.1, 0.15) is 53.9 Å². The highest BCUT2D eigenvalue weighted by atomic mass is 32.2. The lowest BCUT2D eigenvalue weighted by Crippen LogP contribution is -2.29. The molecule has 5 heteroatoms. The first-order valence-corrected chi connectivity index (χ1v) is 10.0. The summed E-state index contributed by atoms with van der Waals surface area (Å²) in [5.74, 6) is 1.67. The Bertz CT molecular complexity index is 555. The van der Waals surface area contributed by atoms with E-state index in [4.69, 9.17) is 14.7 Å². The van der Waals surface area contributed by atoms with Gasteiger partial charge < -0.3 is 9.47 Å². The van der Waals surface area contributed by atoms with Crippen molar-refractivity contribution in [1.82, 2.24) is 4.31 Å². The molecular formula is C20H32N2O2S. The number of hydrogen-bond donors (Lipinski definition) is 0. The minimum Gasteiger partial charge on any atom is -0.486 e. The van der Waals surface area contributed by atoms with E-state index in [0.29, 0.717) is 19.6 Å². The minimum atomic E-state index is 0.202. The quantitative estimate of drug-likeness (QED) is 0.448. The molecule has 0 amide bonds. The van der Waals surface area contributed by atoms with E-state index < -0.39 is 0 Å². The van der Waals surface area contributed by atoms with Crippen molar-refractivity contribution in [3.63, 3.8) is 0 Å². The van der Waals surface area contributed by atoms with Crippen molar-refractivity contribution in [2.24, 2.45) is 5.41 Å². The van der Waals surface area contributed by atoms with Gasteiger partial charge in [0.2, 0.25) is 0 Å². The number of ether oxygens (including phenoxy) is 2. The summed E-state index contributed by atoms with van der Waals surface area (Å²) in [5.41, 5.74) is 0.202. The van der Waals surface area contributed by atoms with E-state index in [1.54, 1.807) is 11.9 Å². The molecule has 140 valence electrons. The van der Waals surface area contributed by atoms with Gasteiger partial charge in [0.25, 0.3) is 0 Å². The molecule has 0 unspecified atom stereocenters. The molecule has 0 saturated heterocycles. The summed E-state index contributed by atoms with van der Waals surface area (Å²) in [6.45, 7) is 13.9. The SMILES string of the molecule is CC.CCN(CC(C)(C)CCCC#N)Sc1ccc2c(c1)OCCO2. The van der Waals surface area contributed by atoms with Crippen molar-refractivity contribution in [3.05, 3.63) is 18.2 Å². The number of nitriles is 1. The highest BCUT2D eigenvalue weighted by Gasteiger charge is 2.22. The zero-order valence-corrected chi connectivity index (χ0v) is 17.1. The lowest BCUT2D eigenvalue weighted by Gasteiger charge is -2.31. The maximum atomic E-state index is 8.70. The van der Waals surface area contributed by atoms with Crippen molar-refractivity contribution in [2.45, 2.75) is 58.8 Å².